The molecule has 1 N–H and O–H groups in total. The zero-order valence-electron chi connectivity index (χ0n) is 11.3. The quantitative estimate of drug-likeness (QED) is 0.876. The van der Waals surface area contributed by atoms with Crippen LogP contribution in [0.1, 0.15) is 38.7 Å². The fourth-order valence-corrected chi connectivity index (χ4v) is 3.44. The second-order valence-corrected chi connectivity index (χ2v) is 6.74. The van der Waals surface area contributed by atoms with Gasteiger partial charge >= 0.3 is 0 Å². The molecule has 0 saturated heterocycles. The van der Waals surface area contributed by atoms with Crippen LogP contribution in [0, 0.1) is 17.8 Å². The number of halogens is 1. The molecule has 4 atom stereocenters. The molecule has 100 valence electrons. The minimum atomic E-state index is -0.196. The van der Waals surface area contributed by atoms with E-state index in [0.29, 0.717) is 5.92 Å². The van der Waals surface area contributed by atoms with E-state index >= 15 is 0 Å². The van der Waals surface area contributed by atoms with E-state index in [-0.39, 0.29) is 6.10 Å². The topological polar surface area (TPSA) is 20.2 Å². The lowest BCUT2D eigenvalue weighted by molar-refractivity contribution is 0.0569. The SMILES string of the molecule is CC1CCC(C(O)Cc2ccccc2Br)CC1C. The Balaban J connectivity index is 1.96. The molecule has 0 amide bonds. The highest BCUT2D eigenvalue weighted by molar-refractivity contribution is 9.10. The molecule has 0 radical (unpaired) electrons. The second-order valence-electron chi connectivity index (χ2n) is 5.89. The third kappa shape index (κ3) is 3.36. The first-order chi connectivity index (χ1) is 8.58. The van der Waals surface area contributed by atoms with Gasteiger partial charge in [0.2, 0.25) is 0 Å². The predicted octanol–water partition coefficient (Wildman–Crippen LogP) is 4.42. The molecule has 0 aliphatic heterocycles. The molecule has 4 unspecified atom stereocenters. The van der Waals surface area contributed by atoms with Gasteiger partial charge in [0.15, 0.2) is 0 Å². The van der Waals surface area contributed by atoms with E-state index in [1.54, 1.807) is 0 Å². The van der Waals surface area contributed by atoms with Crippen molar-refractivity contribution in [1.29, 1.82) is 0 Å². The van der Waals surface area contributed by atoms with Crippen molar-refractivity contribution in [2.75, 3.05) is 0 Å². The Bertz CT molecular complexity index is 390. The van der Waals surface area contributed by atoms with Gasteiger partial charge in [0.1, 0.15) is 0 Å². The summed E-state index contributed by atoms with van der Waals surface area (Å²) in [6.45, 7) is 4.66. The molecule has 1 aliphatic rings. The van der Waals surface area contributed by atoms with Crippen LogP contribution in [0.15, 0.2) is 28.7 Å². The van der Waals surface area contributed by atoms with Crippen molar-refractivity contribution < 1.29 is 5.11 Å². The van der Waals surface area contributed by atoms with Crippen LogP contribution in [0.5, 0.6) is 0 Å². The second kappa shape index (κ2) is 6.21. The molecule has 1 saturated carbocycles. The molecule has 1 aromatic rings. The highest BCUT2D eigenvalue weighted by Gasteiger charge is 2.29. The first-order valence-corrected chi connectivity index (χ1v) is 7.78. The first kappa shape index (κ1) is 14.1. The van der Waals surface area contributed by atoms with Gasteiger partial charge < -0.3 is 5.11 Å². The van der Waals surface area contributed by atoms with Gasteiger partial charge in [-0.25, -0.2) is 0 Å². The van der Waals surface area contributed by atoms with Crippen LogP contribution in [0.2, 0.25) is 0 Å². The van der Waals surface area contributed by atoms with Gasteiger partial charge in [0, 0.05) is 4.47 Å². The summed E-state index contributed by atoms with van der Waals surface area (Å²) in [6.07, 6.45) is 4.19. The Hall–Kier alpha value is -0.340. The van der Waals surface area contributed by atoms with Gasteiger partial charge in [-0.3, -0.25) is 0 Å². The lowest BCUT2D eigenvalue weighted by Gasteiger charge is -2.34. The Kier molecular flexibility index (Phi) is 4.85. The molecule has 0 bridgehead atoms. The van der Waals surface area contributed by atoms with E-state index in [4.69, 9.17) is 0 Å². The number of hydrogen-bond donors (Lipinski definition) is 1. The molecule has 1 nitrogen and oxygen atoms in total. The summed E-state index contributed by atoms with van der Waals surface area (Å²) < 4.78 is 1.11. The predicted molar refractivity (Wildman–Crippen MR) is 79.5 cm³/mol. The number of aliphatic hydroxyl groups is 1. The van der Waals surface area contributed by atoms with Crippen molar-refractivity contribution in [3.8, 4) is 0 Å². The number of benzene rings is 1. The molecule has 1 aromatic carbocycles. The van der Waals surface area contributed by atoms with Gasteiger partial charge in [-0.05, 0) is 48.6 Å². The van der Waals surface area contributed by atoms with Crippen LogP contribution < -0.4 is 0 Å². The van der Waals surface area contributed by atoms with Gasteiger partial charge in [-0.15, -0.1) is 0 Å². The van der Waals surface area contributed by atoms with Crippen molar-refractivity contribution in [2.45, 2.75) is 45.6 Å². The van der Waals surface area contributed by atoms with Crippen molar-refractivity contribution in [2.24, 2.45) is 17.8 Å². The Morgan fingerprint density at radius 3 is 2.61 bits per heavy atom. The lowest BCUT2D eigenvalue weighted by Crippen LogP contribution is -2.30. The maximum absolute atomic E-state index is 10.4. The third-order valence-corrected chi connectivity index (χ3v) is 5.34. The van der Waals surface area contributed by atoms with Gasteiger partial charge in [-0.2, -0.15) is 0 Å². The molecule has 0 heterocycles. The Morgan fingerprint density at radius 2 is 1.94 bits per heavy atom. The molecular weight excluding hydrogens is 288 g/mol. The summed E-state index contributed by atoms with van der Waals surface area (Å²) in [5.41, 5.74) is 1.22. The highest BCUT2D eigenvalue weighted by Crippen LogP contribution is 2.36. The lowest BCUT2D eigenvalue weighted by atomic mass is 9.73. The maximum Gasteiger partial charge on any atom is 0.0609 e. The van der Waals surface area contributed by atoms with Gasteiger partial charge in [-0.1, -0.05) is 54.4 Å². The third-order valence-electron chi connectivity index (χ3n) is 4.57. The van der Waals surface area contributed by atoms with Crippen molar-refractivity contribution >= 4 is 15.9 Å². The fraction of sp³-hybridized carbons (Fsp3) is 0.625. The minimum Gasteiger partial charge on any atom is -0.392 e. The summed E-state index contributed by atoms with van der Waals surface area (Å²) in [5.74, 6) is 2.04. The molecule has 1 aliphatic carbocycles. The number of hydrogen-bond acceptors (Lipinski definition) is 1. The van der Waals surface area contributed by atoms with E-state index in [0.717, 1.165) is 22.7 Å². The number of rotatable bonds is 3. The summed E-state index contributed by atoms with van der Waals surface area (Å²) >= 11 is 3.56. The van der Waals surface area contributed by atoms with Crippen LogP contribution in [-0.4, -0.2) is 11.2 Å². The molecule has 18 heavy (non-hydrogen) atoms. The smallest absolute Gasteiger partial charge is 0.0609 e. The minimum absolute atomic E-state index is 0.196. The maximum atomic E-state index is 10.4. The van der Waals surface area contributed by atoms with E-state index in [9.17, 15) is 5.11 Å². The van der Waals surface area contributed by atoms with Crippen LogP contribution >= 0.6 is 15.9 Å². The van der Waals surface area contributed by atoms with Crippen molar-refractivity contribution in [3.05, 3.63) is 34.3 Å². The van der Waals surface area contributed by atoms with Crippen LogP contribution in [-0.2, 0) is 6.42 Å². The first-order valence-electron chi connectivity index (χ1n) is 6.99. The molecule has 2 heteroatoms. The fourth-order valence-electron chi connectivity index (χ4n) is 2.99. The van der Waals surface area contributed by atoms with Gasteiger partial charge in [0.25, 0.3) is 0 Å². The summed E-state index contributed by atoms with van der Waals surface area (Å²) in [6, 6.07) is 8.21. The van der Waals surface area contributed by atoms with Crippen molar-refractivity contribution in [3.63, 3.8) is 0 Å². The highest BCUT2D eigenvalue weighted by atomic mass is 79.9. The Labute approximate surface area is 119 Å². The summed E-state index contributed by atoms with van der Waals surface area (Å²) in [7, 11) is 0. The van der Waals surface area contributed by atoms with E-state index < -0.39 is 0 Å². The standard InChI is InChI=1S/C16H23BrO/c1-11-7-8-14(9-12(11)2)16(18)10-13-5-3-4-6-15(13)17/h3-6,11-12,14,16,18H,7-10H2,1-2H3. The van der Waals surface area contributed by atoms with Crippen LogP contribution in [0.4, 0.5) is 0 Å². The monoisotopic (exact) mass is 310 g/mol. The summed E-state index contributed by atoms with van der Waals surface area (Å²) in [4.78, 5) is 0. The van der Waals surface area contributed by atoms with Crippen LogP contribution in [0.3, 0.4) is 0 Å². The molecule has 0 spiro atoms. The van der Waals surface area contributed by atoms with E-state index in [1.165, 1.54) is 24.8 Å². The van der Waals surface area contributed by atoms with Gasteiger partial charge in [0.05, 0.1) is 6.10 Å². The zero-order chi connectivity index (χ0) is 13.1. The van der Waals surface area contributed by atoms with Crippen molar-refractivity contribution in [1.82, 2.24) is 0 Å². The zero-order valence-corrected chi connectivity index (χ0v) is 12.9. The van der Waals surface area contributed by atoms with E-state index in [2.05, 4.69) is 35.8 Å². The average molecular weight is 311 g/mol. The molecule has 0 aromatic heterocycles. The number of aliphatic hydroxyl groups excluding tert-OH is 1. The normalized spacial score (nSPS) is 30.1. The average Bonchev–Trinajstić information content (AvgIpc) is 2.35. The molecule has 1 fully saturated rings. The Morgan fingerprint density at radius 1 is 1.22 bits per heavy atom. The largest absolute Gasteiger partial charge is 0.392 e. The molecular formula is C16H23BrO. The van der Waals surface area contributed by atoms with Crippen LogP contribution in [0.25, 0.3) is 0 Å². The molecule has 2 rings (SSSR count). The summed E-state index contributed by atoms with van der Waals surface area (Å²) in [5, 5.41) is 10.4. The van der Waals surface area contributed by atoms with E-state index in [1.807, 2.05) is 18.2 Å².